The summed E-state index contributed by atoms with van der Waals surface area (Å²) in [6, 6.07) is 0. The number of nitrogens with zero attached hydrogens (tertiary/aromatic N) is 3. The molecule has 0 spiro atoms. The van der Waals surface area contributed by atoms with Crippen LogP contribution in [0.15, 0.2) is 4.79 Å². The molecule has 2 N–H and O–H groups in total. The van der Waals surface area contributed by atoms with Crippen LogP contribution in [-0.4, -0.2) is 30.9 Å². The lowest BCUT2D eigenvalue weighted by Gasteiger charge is -1.83. The number of carbonyl (C=O) groups is 1. The second kappa shape index (κ2) is 2.45. The van der Waals surface area contributed by atoms with Crippen LogP contribution < -0.4 is 5.69 Å². The Labute approximate surface area is 63.4 Å². The summed E-state index contributed by atoms with van der Waals surface area (Å²) in [6.45, 7) is 0. The van der Waals surface area contributed by atoms with E-state index in [0.29, 0.717) is 0 Å². The van der Waals surface area contributed by atoms with E-state index in [9.17, 15) is 19.7 Å². The van der Waals surface area contributed by atoms with E-state index in [-0.39, 0.29) is 4.68 Å². The highest BCUT2D eigenvalue weighted by molar-refractivity contribution is 5.66. The molecule has 0 aliphatic heterocycles. The molecular formula is C3H2N4O5. The van der Waals surface area contributed by atoms with Gasteiger partial charge in [0.25, 0.3) is 0 Å². The van der Waals surface area contributed by atoms with Crippen molar-refractivity contribution in [2.24, 2.45) is 0 Å². The van der Waals surface area contributed by atoms with Crippen LogP contribution in [0.2, 0.25) is 0 Å². The van der Waals surface area contributed by atoms with Crippen LogP contribution in [0.5, 0.6) is 0 Å². The number of H-pyrrole nitrogens is 1. The Kier molecular flexibility index (Phi) is 1.62. The maximum Gasteiger partial charge on any atom is 0.457 e. The number of carboxylic acid groups (broad SMARTS) is 1. The first kappa shape index (κ1) is 7.91. The highest BCUT2D eigenvalue weighted by atomic mass is 16.6. The fraction of sp³-hybridized carbons (Fsp3) is 0. The van der Waals surface area contributed by atoms with Crippen LogP contribution >= 0.6 is 0 Å². The molecule has 0 saturated carbocycles. The smallest absolute Gasteiger partial charge is 0.457 e. The molecule has 0 saturated heterocycles. The minimum Gasteiger partial charge on any atom is -0.462 e. The molecule has 0 fully saturated rings. The first-order chi connectivity index (χ1) is 5.52. The van der Waals surface area contributed by atoms with Crippen molar-refractivity contribution in [3.05, 3.63) is 20.6 Å². The molecule has 0 amide bonds. The van der Waals surface area contributed by atoms with E-state index in [4.69, 9.17) is 5.11 Å². The van der Waals surface area contributed by atoms with E-state index in [2.05, 4.69) is 5.10 Å². The van der Waals surface area contributed by atoms with Crippen molar-refractivity contribution in [2.45, 2.75) is 0 Å². The Morgan fingerprint density at radius 3 is 2.58 bits per heavy atom. The summed E-state index contributed by atoms with van der Waals surface area (Å²) in [5.74, 6) is -0.901. The van der Waals surface area contributed by atoms with Gasteiger partial charge in [0.1, 0.15) is 0 Å². The Morgan fingerprint density at radius 2 is 2.33 bits per heavy atom. The number of rotatable bonds is 1. The summed E-state index contributed by atoms with van der Waals surface area (Å²) >= 11 is 0. The third kappa shape index (κ3) is 1.14. The largest absolute Gasteiger partial charge is 0.462 e. The van der Waals surface area contributed by atoms with E-state index >= 15 is 0 Å². The van der Waals surface area contributed by atoms with E-state index in [0.717, 1.165) is 0 Å². The maximum absolute atomic E-state index is 10.5. The lowest BCUT2D eigenvalue weighted by Crippen LogP contribution is -2.24. The van der Waals surface area contributed by atoms with Crippen LogP contribution in [0, 0.1) is 10.1 Å². The van der Waals surface area contributed by atoms with Gasteiger partial charge >= 0.3 is 17.7 Å². The summed E-state index contributed by atoms with van der Waals surface area (Å²) in [7, 11) is 0. The fourth-order valence-corrected chi connectivity index (χ4v) is 0.526. The van der Waals surface area contributed by atoms with Gasteiger partial charge in [-0.2, -0.15) is 4.98 Å². The molecule has 9 nitrogen and oxygen atoms in total. The lowest BCUT2D eigenvalue weighted by atomic mass is 11.1. The van der Waals surface area contributed by atoms with Gasteiger partial charge in [0.2, 0.25) is 0 Å². The first-order valence-electron chi connectivity index (χ1n) is 2.59. The number of nitro groups is 1. The zero-order valence-corrected chi connectivity index (χ0v) is 5.42. The van der Waals surface area contributed by atoms with Crippen LogP contribution in [0.1, 0.15) is 0 Å². The van der Waals surface area contributed by atoms with Crippen LogP contribution in [0.4, 0.5) is 10.7 Å². The molecular weight excluding hydrogens is 172 g/mol. The number of aromatic amines is 1. The Bertz CT molecular complexity index is 388. The molecule has 0 radical (unpaired) electrons. The maximum atomic E-state index is 10.5. The van der Waals surface area contributed by atoms with Gasteiger partial charge < -0.3 is 15.2 Å². The summed E-state index contributed by atoms with van der Waals surface area (Å²) in [4.78, 5) is 31.3. The van der Waals surface area contributed by atoms with Crippen molar-refractivity contribution in [1.82, 2.24) is 14.8 Å². The third-order valence-corrected chi connectivity index (χ3v) is 0.960. The highest BCUT2D eigenvalue weighted by Gasteiger charge is 2.19. The van der Waals surface area contributed by atoms with Crippen molar-refractivity contribution in [2.75, 3.05) is 0 Å². The van der Waals surface area contributed by atoms with Crippen molar-refractivity contribution in [1.29, 1.82) is 0 Å². The molecule has 1 rings (SSSR count). The fourth-order valence-electron chi connectivity index (χ4n) is 0.526. The van der Waals surface area contributed by atoms with Crippen molar-refractivity contribution in [3.8, 4) is 0 Å². The topological polar surface area (TPSA) is 131 Å². The molecule has 0 bridgehead atoms. The molecule has 0 aliphatic rings. The Morgan fingerprint density at radius 1 is 1.75 bits per heavy atom. The molecule has 0 aliphatic carbocycles. The molecule has 1 aromatic rings. The minimum absolute atomic E-state index is 0.0574. The SMILES string of the molecule is O=C(O)n1nc([N+](=O)[O-])[nH]c1=O. The lowest BCUT2D eigenvalue weighted by molar-refractivity contribution is -0.394. The Balaban J connectivity index is 3.27. The standard InChI is InChI=1S/C3H2N4O5/c8-2-4-1(7(11)12)5-6(2)3(9)10/h(H,9,10)(H,4,5,8). The first-order valence-corrected chi connectivity index (χ1v) is 2.59. The van der Waals surface area contributed by atoms with Crippen molar-refractivity contribution < 1.29 is 14.8 Å². The zero-order chi connectivity index (χ0) is 9.30. The van der Waals surface area contributed by atoms with Gasteiger partial charge in [0.05, 0.1) is 0 Å². The van der Waals surface area contributed by atoms with Crippen LogP contribution in [-0.2, 0) is 0 Å². The molecule has 12 heavy (non-hydrogen) atoms. The van der Waals surface area contributed by atoms with Crippen molar-refractivity contribution in [3.63, 3.8) is 0 Å². The predicted molar refractivity (Wildman–Crippen MR) is 32.9 cm³/mol. The average Bonchev–Trinajstić information content (AvgIpc) is 2.30. The predicted octanol–water partition coefficient (Wildman–Crippen LogP) is -0.994. The monoisotopic (exact) mass is 174 g/mol. The summed E-state index contributed by atoms with van der Waals surface area (Å²) in [5.41, 5.74) is -1.16. The molecule has 9 heteroatoms. The van der Waals surface area contributed by atoms with Crippen molar-refractivity contribution >= 4 is 12.0 Å². The van der Waals surface area contributed by atoms with Gasteiger partial charge in [0, 0.05) is 5.10 Å². The molecule has 1 aromatic heterocycles. The van der Waals surface area contributed by atoms with E-state index in [1.165, 1.54) is 0 Å². The molecule has 1 heterocycles. The molecule has 0 atom stereocenters. The quantitative estimate of drug-likeness (QED) is 0.414. The zero-order valence-electron chi connectivity index (χ0n) is 5.42. The van der Waals surface area contributed by atoms with E-state index in [1.807, 2.05) is 0 Å². The summed E-state index contributed by atoms with van der Waals surface area (Å²) < 4.78 is -0.0574. The molecule has 64 valence electrons. The van der Waals surface area contributed by atoms with Gasteiger partial charge in [-0.1, -0.05) is 0 Å². The molecule has 0 aromatic carbocycles. The third-order valence-electron chi connectivity index (χ3n) is 0.960. The van der Waals surface area contributed by atoms with Crippen LogP contribution in [0.25, 0.3) is 0 Å². The number of hydrogen-bond donors (Lipinski definition) is 2. The van der Waals surface area contributed by atoms with E-state index in [1.54, 1.807) is 4.98 Å². The summed E-state index contributed by atoms with van der Waals surface area (Å²) in [6.07, 6.45) is -1.68. The average molecular weight is 174 g/mol. The summed E-state index contributed by atoms with van der Waals surface area (Å²) in [5, 5.41) is 21.0. The Hall–Kier alpha value is -2.19. The number of aromatic nitrogens is 3. The van der Waals surface area contributed by atoms with Gasteiger partial charge in [-0.25, -0.2) is 9.59 Å². The number of hydrogen-bond acceptors (Lipinski definition) is 5. The van der Waals surface area contributed by atoms with Crippen LogP contribution in [0.3, 0.4) is 0 Å². The van der Waals surface area contributed by atoms with Gasteiger partial charge in [0.15, 0.2) is 0 Å². The molecule has 0 unspecified atom stereocenters. The van der Waals surface area contributed by atoms with Gasteiger partial charge in [-0.3, -0.25) is 0 Å². The number of nitrogens with one attached hydrogen (secondary N) is 1. The normalized spacial score (nSPS) is 9.67. The second-order valence-corrected chi connectivity index (χ2v) is 1.71. The van der Waals surface area contributed by atoms with Gasteiger partial charge in [-0.15, -0.1) is 0 Å². The van der Waals surface area contributed by atoms with Gasteiger partial charge in [-0.05, 0) is 9.61 Å². The second-order valence-electron chi connectivity index (χ2n) is 1.71. The highest BCUT2D eigenvalue weighted by Crippen LogP contribution is 1.94. The minimum atomic E-state index is -1.68. The van der Waals surface area contributed by atoms with E-state index < -0.39 is 22.7 Å².